The molecule has 2 N–H and O–H groups in total. The monoisotopic (exact) mass is 486 g/mol. The topological polar surface area (TPSA) is 90.7 Å². The van der Waals surface area contributed by atoms with Crippen LogP contribution in [-0.4, -0.2) is 44.9 Å². The first-order valence-electron chi connectivity index (χ1n) is 12.8. The van der Waals surface area contributed by atoms with Crippen molar-refractivity contribution in [2.45, 2.75) is 59.3 Å². The Balaban J connectivity index is 1.72. The van der Waals surface area contributed by atoms with Crippen molar-refractivity contribution in [1.29, 1.82) is 0 Å². The highest BCUT2D eigenvalue weighted by molar-refractivity contribution is 6.39. The number of hydrogen-bond donors (Lipinski definition) is 2. The highest BCUT2D eigenvalue weighted by Crippen LogP contribution is 2.40. The van der Waals surface area contributed by atoms with E-state index in [-0.39, 0.29) is 28.7 Å². The van der Waals surface area contributed by atoms with Gasteiger partial charge < -0.3 is 15.1 Å². The fraction of sp³-hybridized carbons (Fsp3) is 0.367. The van der Waals surface area contributed by atoms with Gasteiger partial charge in [0.05, 0.1) is 11.1 Å². The molecule has 36 heavy (non-hydrogen) atoms. The van der Waals surface area contributed by atoms with E-state index >= 15 is 0 Å². The number of hydrogen-bond acceptors (Lipinski definition) is 5. The number of carbonyl (C=O) groups is 2. The third-order valence-electron chi connectivity index (χ3n) is 6.80. The average molecular weight is 487 g/mol. The Kier molecular flexibility index (Phi) is 7.43. The molecule has 1 heterocycles. The number of nitrogens with zero attached hydrogens (tertiary/aromatic N) is 2. The quantitative estimate of drug-likeness (QED) is 0.350. The summed E-state index contributed by atoms with van der Waals surface area (Å²) in [5.74, 6) is -0.644. The molecule has 1 aliphatic rings. The molecular weight excluding hydrogens is 452 g/mol. The van der Waals surface area contributed by atoms with Gasteiger partial charge in [-0.3, -0.25) is 9.59 Å². The molecule has 4 rings (SSSR count). The lowest BCUT2D eigenvalue weighted by molar-refractivity contribution is 0.0750. The van der Waals surface area contributed by atoms with Crippen molar-refractivity contribution in [2.24, 2.45) is 0 Å². The van der Waals surface area contributed by atoms with Gasteiger partial charge in [-0.05, 0) is 60.7 Å². The number of aromatic nitrogens is 1. The molecule has 0 spiro atoms. The van der Waals surface area contributed by atoms with Gasteiger partial charge in [0.25, 0.3) is 5.91 Å². The van der Waals surface area contributed by atoms with E-state index in [0.29, 0.717) is 41.2 Å². The van der Waals surface area contributed by atoms with Crippen LogP contribution in [0.4, 0.5) is 0 Å². The number of benzene rings is 2. The van der Waals surface area contributed by atoms with Gasteiger partial charge in [0.15, 0.2) is 5.78 Å². The number of fused-ring (bicyclic) bond motifs is 2. The number of aliphatic hydroxyl groups excluding tert-OH is 1. The zero-order valence-electron chi connectivity index (χ0n) is 21.5. The fourth-order valence-electron chi connectivity index (χ4n) is 4.59. The fourth-order valence-corrected chi connectivity index (χ4v) is 4.59. The van der Waals surface area contributed by atoms with Gasteiger partial charge in [0.2, 0.25) is 0 Å². The highest BCUT2D eigenvalue weighted by atomic mass is 16.3. The molecule has 0 saturated heterocycles. The highest BCUT2D eigenvalue weighted by Gasteiger charge is 2.34. The van der Waals surface area contributed by atoms with Gasteiger partial charge in [-0.1, -0.05) is 46.6 Å². The molecule has 0 radical (unpaired) electrons. The zero-order chi connectivity index (χ0) is 26.0. The van der Waals surface area contributed by atoms with Crippen LogP contribution in [0.1, 0.15) is 96.8 Å². The van der Waals surface area contributed by atoms with E-state index in [0.717, 1.165) is 36.6 Å². The number of pyridine rings is 1. The van der Waals surface area contributed by atoms with Crippen molar-refractivity contribution < 1.29 is 19.8 Å². The molecule has 188 valence electrons. The number of Topliss-reactive ketones (excluding diaryl/α,β-unsaturated/α-hetero) is 1. The maximum atomic E-state index is 13.3. The summed E-state index contributed by atoms with van der Waals surface area (Å²) in [7, 11) is 0. The average Bonchev–Trinajstić information content (AvgIpc) is 3.12. The Labute approximate surface area is 212 Å². The summed E-state index contributed by atoms with van der Waals surface area (Å²) in [6.45, 7) is 9.70. The van der Waals surface area contributed by atoms with Gasteiger partial charge in [-0.25, -0.2) is 4.98 Å². The lowest BCUT2D eigenvalue weighted by atomic mass is 9.99. The molecule has 1 aliphatic carbocycles. The number of ketones is 1. The molecule has 0 saturated carbocycles. The van der Waals surface area contributed by atoms with Crippen molar-refractivity contribution in [3.8, 4) is 5.75 Å². The van der Waals surface area contributed by atoms with E-state index in [9.17, 15) is 19.8 Å². The van der Waals surface area contributed by atoms with Crippen LogP contribution in [0.2, 0.25) is 0 Å². The summed E-state index contributed by atoms with van der Waals surface area (Å²) in [6, 6.07) is 12.2. The number of allylic oxidation sites excluding steroid dienone is 1. The minimum Gasteiger partial charge on any atom is -0.506 e. The summed E-state index contributed by atoms with van der Waals surface area (Å²) in [5, 5.41) is 22.6. The Morgan fingerprint density at radius 2 is 1.64 bits per heavy atom. The molecule has 0 unspecified atom stereocenters. The number of carbonyl (C=O) groups excluding carboxylic acids is 2. The molecule has 0 aliphatic heterocycles. The van der Waals surface area contributed by atoms with E-state index in [4.69, 9.17) is 0 Å². The first-order chi connectivity index (χ1) is 17.3. The summed E-state index contributed by atoms with van der Waals surface area (Å²) in [4.78, 5) is 32.9. The largest absolute Gasteiger partial charge is 0.506 e. The van der Waals surface area contributed by atoms with E-state index in [1.165, 1.54) is 0 Å². The van der Waals surface area contributed by atoms with Crippen molar-refractivity contribution in [2.75, 3.05) is 13.1 Å². The molecule has 6 nitrogen and oxygen atoms in total. The standard InChI is InChI=1S/C30H34N2O4/c1-5-7-13-32(14-8-6-2)30(36)20-9-11-22-23(16-20)29(35)26(28(22)34)27-25(33)17-21-15-19(18(3)4)10-12-24(21)31-27/h9-12,15-18,33,35H,5-8,13-14H2,1-4H3. The van der Waals surface area contributed by atoms with Crippen molar-refractivity contribution in [3.05, 3.63) is 70.4 Å². The number of rotatable bonds is 9. The second kappa shape index (κ2) is 10.5. The van der Waals surface area contributed by atoms with E-state index in [1.807, 2.05) is 23.1 Å². The summed E-state index contributed by atoms with van der Waals surface area (Å²) >= 11 is 0. The van der Waals surface area contributed by atoms with Crippen LogP contribution < -0.4 is 0 Å². The van der Waals surface area contributed by atoms with Crippen LogP contribution in [0.3, 0.4) is 0 Å². The molecule has 6 heteroatoms. The maximum absolute atomic E-state index is 13.3. The van der Waals surface area contributed by atoms with Crippen molar-refractivity contribution in [1.82, 2.24) is 9.88 Å². The molecule has 0 bridgehead atoms. The Hall–Kier alpha value is -3.67. The Bertz CT molecular complexity index is 1350. The molecular formula is C30H34N2O4. The van der Waals surface area contributed by atoms with Crippen LogP contribution in [0, 0.1) is 0 Å². The second-order valence-corrected chi connectivity index (χ2v) is 9.78. The van der Waals surface area contributed by atoms with Crippen molar-refractivity contribution in [3.63, 3.8) is 0 Å². The molecule has 3 aromatic rings. The summed E-state index contributed by atoms with van der Waals surface area (Å²) in [5.41, 5.74) is 2.75. The third kappa shape index (κ3) is 4.72. The van der Waals surface area contributed by atoms with Gasteiger partial charge in [0, 0.05) is 35.2 Å². The first-order valence-corrected chi connectivity index (χ1v) is 12.8. The van der Waals surface area contributed by atoms with Gasteiger partial charge in [0.1, 0.15) is 17.2 Å². The van der Waals surface area contributed by atoms with Crippen LogP contribution in [0.25, 0.3) is 22.2 Å². The maximum Gasteiger partial charge on any atom is 0.253 e. The zero-order valence-corrected chi connectivity index (χ0v) is 21.5. The minimum atomic E-state index is -0.420. The number of amides is 1. The third-order valence-corrected chi connectivity index (χ3v) is 6.80. The van der Waals surface area contributed by atoms with Gasteiger partial charge >= 0.3 is 0 Å². The second-order valence-electron chi connectivity index (χ2n) is 9.78. The van der Waals surface area contributed by atoms with Crippen molar-refractivity contribution >= 4 is 33.9 Å². The van der Waals surface area contributed by atoms with Crippen LogP contribution in [0.15, 0.2) is 42.5 Å². The predicted octanol–water partition coefficient (Wildman–Crippen LogP) is 6.73. The van der Waals surface area contributed by atoms with Gasteiger partial charge in [-0.15, -0.1) is 0 Å². The van der Waals surface area contributed by atoms with Crippen LogP contribution >= 0.6 is 0 Å². The molecule has 2 aromatic carbocycles. The van der Waals surface area contributed by atoms with E-state index in [2.05, 4.69) is 32.7 Å². The van der Waals surface area contributed by atoms with Gasteiger partial charge in [-0.2, -0.15) is 0 Å². The number of aromatic hydroxyl groups is 1. The number of aliphatic hydroxyl groups is 1. The van der Waals surface area contributed by atoms with Crippen LogP contribution in [-0.2, 0) is 0 Å². The van der Waals surface area contributed by atoms with E-state index < -0.39 is 5.78 Å². The predicted molar refractivity (Wildman–Crippen MR) is 143 cm³/mol. The van der Waals surface area contributed by atoms with E-state index in [1.54, 1.807) is 24.3 Å². The molecule has 1 amide bonds. The lowest BCUT2D eigenvalue weighted by Crippen LogP contribution is -2.33. The first kappa shape index (κ1) is 25.4. The SMILES string of the molecule is CCCCN(CCCC)C(=O)c1ccc2c(c1)C(O)=C(c1nc3ccc(C(C)C)cc3cc1O)C2=O. The molecule has 0 fully saturated rings. The smallest absolute Gasteiger partial charge is 0.253 e. The minimum absolute atomic E-state index is 0.0406. The van der Waals surface area contributed by atoms with Crippen LogP contribution in [0.5, 0.6) is 5.75 Å². The Morgan fingerprint density at radius 1 is 0.944 bits per heavy atom. The normalized spacial score (nSPS) is 13.1. The lowest BCUT2D eigenvalue weighted by Gasteiger charge is -2.22. The molecule has 0 atom stereocenters. The summed E-state index contributed by atoms with van der Waals surface area (Å²) < 4.78 is 0. The number of unbranched alkanes of at least 4 members (excludes halogenated alkanes) is 2. The summed E-state index contributed by atoms with van der Waals surface area (Å²) in [6.07, 6.45) is 3.81. The molecule has 1 aromatic heterocycles. The Morgan fingerprint density at radius 3 is 2.28 bits per heavy atom.